The van der Waals surface area contributed by atoms with Gasteiger partial charge in [0.1, 0.15) is 11.8 Å². The van der Waals surface area contributed by atoms with Crippen LogP contribution < -0.4 is 14.4 Å². The first kappa shape index (κ1) is 23.7. The second-order valence-electron chi connectivity index (χ2n) is 7.17. The molecule has 0 heterocycles. The van der Waals surface area contributed by atoms with Crippen LogP contribution in [0.15, 0.2) is 54.6 Å². The van der Waals surface area contributed by atoms with Crippen LogP contribution in [0.5, 0.6) is 5.75 Å². The number of carbonyl (C=O) groups is 1. The minimum Gasteiger partial charge on any atom is -0.493 e. The van der Waals surface area contributed by atoms with Crippen molar-refractivity contribution in [3.05, 3.63) is 60.2 Å². The number of hydrogen-bond acceptors (Lipinski definition) is 4. The quantitative estimate of drug-likeness (QED) is 0.518. The molecule has 164 valence electrons. The van der Waals surface area contributed by atoms with Gasteiger partial charge in [-0.05, 0) is 49.4 Å². The number of para-hydroxylation sites is 2. The van der Waals surface area contributed by atoms with Gasteiger partial charge < -0.3 is 10.1 Å². The van der Waals surface area contributed by atoms with Gasteiger partial charge in [-0.25, -0.2) is 8.42 Å². The molecule has 1 N–H and O–H groups in total. The zero-order valence-corrected chi connectivity index (χ0v) is 18.8. The lowest BCUT2D eigenvalue weighted by Crippen LogP contribution is -2.49. The lowest BCUT2D eigenvalue weighted by atomic mass is 10.1. The average molecular weight is 433 g/mol. The first-order valence-electron chi connectivity index (χ1n) is 10.4. The molecule has 2 aromatic rings. The molecule has 2 aromatic carbocycles. The molecule has 0 saturated carbocycles. The van der Waals surface area contributed by atoms with Crippen LogP contribution in [-0.2, 0) is 21.2 Å². The minimum atomic E-state index is -3.61. The van der Waals surface area contributed by atoms with E-state index in [1.807, 2.05) is 37.3 Å². The van der Waals surface area contributed by atoms with Gasteiger partial charge in [-0.15, -0.1) is 0 Å². The monoisotopic (exact) mass is 432 g/mol. The van der Waals surface area contributed by atoms with Crippen molar-refractivity contribution in [2.24, 2.45) is 0 Å². The van der Waals surface area contributed by atoms with Crippen molar-refractivity contribution in [1.29, 1.82) is 0 Å². The molecule has 7 heteroatoms. The molecule has 0 fully saturated rings. The molecule has 30 heavy (non-hydrogen) atoms. The molecule has 0 aromatic heterocycles. The molecule has 0 aliphatic rings. The van der Waals surface area contributed by atoms with Crippen molar-refractivity contribution >= 4 is 21.6 Å². The number of nitrogens with one attached hydrogen (secondary N) is 1. The Kier molecular flexibility index (Phi) is 9.17. The second kappa shape index (κ2) is 11.6. The smallest absolute Gasteiger partial charge is 0.243 e. The average Bonchev–Trinajstić information content (AvgIpc) is 2.73. The van der Waals surface area contributed by atoms with Gasteiger partial charge in [0.25, 0.3) is 0 Å². The Balaban J connectivity index is 1.99. The van der Waals surface area contributed by atoms with Gasteiger partial charge in [0.15, 0.2) is 0 Å². The predicted octanol–water partition coefficient (Wildman–Crippen LogP) is 3.77. The molecule has 0 radical (unpaired) electrons. The summed E-state index contributed by atoms with van der Waals surface area (Å²) in [5, 5.41) is 2.90. The van der Waals surface area contributed by atoms with E-state index in [1.165, 1.54) is 4.31 Å². The summed E-state index contributed by atoms with van der Waals surface area (Å²) in [6.45, 7) is 5.01. The molecule has 1 atom stereocenters. The van der Waals surface area contributed by atoms with E-state index in [-0.39, 0.29) is 5.91 Å². The number of rotatable bonds is 12. The van der Waals surface area contributed by atoms with Gasteiger partial charge in [0.2, 0.25) is 15.9 Å². The van der Waals surface area contributed by atoms with Crippen molar-refractivity contribution < 1.29 is 17.9 Å². The summed E-state index contributed by atoms with van der Waals surface area (Å²) in [5.41, 5.74) is 1.60. The summed E-state index contributed by atoms with van der Waals surface area (Å²) < 4.78 is 31.8. The summed E-state index contributed by atoms with van der Waals surface area (Å²) in [6, 6.07) is 15.9. The third-order valence-electron chi connectivity index (χ3n) is 4.70. The Bertz CT molecular complexity index is 900. The fourth-order valence-corrected chi connectivity index (χ4v) is 4.52. The van der Waals surface area contributed by atoms with E-state index in [4.69, 9.17) is 4.74 Å². The Morgan fingerprint density at radius 3 is 2.37 bits per heavy atom. The number of aryl methyl sites for hydroxylation is 1. The Morgan fingerprint density at radius 2 is 1.73 bits per heavy atom. The summed E-state index contributed by atoms with van der Waals surface area (Å²) in [5.74, 6) is 0.590. The molecule has 0 spiro atoms. The van der Waals surface area contributed by atoms with Crippen LogP contribution in [0.2, 0.25) is 0 Å². The molecule has 0 aliphatic carbocycles. The number of ether oxygens (including phenoxy) is 1. The van der Waals surface area contributed by atoms with Crippen LogP contribution in [-0.4, -0.2) is 39.8 Å². The molecule has 6 nitrogen and oxygen atoms in total. The highest BCUT2D eigenvalue weighted by Crippen LogP contribution is 2.22. The van der Waals surface area contributed by atoms with Gasteiger partial charge in [-0.2, -0.15) is 0 Å². The topological polar surface area (TPSA) is 75.7 Å². The Morgan fingerprint density at radius 1 is 1.07 bits per heavy atom. The summed E-state index contributed by atoms with van der Waals surface area (Å²) in [4.78, 5) is 12.8. The highest BCUT2D eigenvalue weighted by atomic mass is 32.2. The van der Waals surface area contributed by atoms with Crippen molar-refractivity contribution in [1.82, 2.24) is 5.32 Å². The number of amides is 1. The highest BCUT2D eigenvalue weighted by molar-refractivity contribution is 7.92. The SMILES string of the molecule is CCCOc1ccccc1CCCNC(=O)C(CC)N(c1ccccc1)S(C)(=O)=O. The standard InChI is InChI=1S/C23H32N2O4S/c1-4-18-29-22-16-10-9-12-19(22)13-11-17-24-23(26)21(5-2)25(30(3,27)28)20-14-7-6-8-15-20/h6-10,12,14-16,21H,4-5,11,13,17-18H2,1-3H3,(H,24,26). The lowest BCUT2D eigenvalue weighted by Gasteiger charge is -2.30. The van der Waals surface area contributed by atoms with E-state index in [1.54, 1.807) is 24.3 Å². The first-order chi connectivity index (χ1) is 14.4. The molecule has 2 rings (SSSR count). The summed E-state index contributed by atoms with van der Waals surface area (Å²) in [6.07, 6.45) is 3.95. The van der Waals surface area contributed by atoms with Crippen LogP contribution in [0.4, 0.5) is 5.69 Å². The minimum absolute atomic E-state index is 0.290. The number of sulfonamides is 1. The number of anilines is 1. The first-order valence-corrected chi connectivity index (χ1v) is 12.3. The molecule has 0 aliphatic heterocycles. The zero-order valence-electron chi connectivity index (χ0n) is 18.0. The van der Waals surface area contributed by atoms with E-state index >= 15 is 0 Å². The molecule has 0 bridgehead atoms. The largest absolute Gasteiger partial charge is 0.493 e. The van der Waals surface area contributed by atoms with Gasteiger partial charge in [0, 0.05) is 6.54 Å². The third-order valence-corrected chi connectivity index (χ3v) is 5.88. The van der Waals surface area contributed by atoms with E-state index in [9.17, 15) is 13.2 Å². The number of benzene rings is 2. The van der Waals surface area contributed by atoms with Crippen molar-refractivity contribution in [3.8, 4) is 5.75 Å². The van der Waals surface area contributed by atoms with E-state index in [0.717, 1.165) is 36.8 Å². The predicted molar refractivity (Wildman–Crippen MR) is 121 cm³/mol. The van der Waals surface area contributed by atoms with Crippen LogP contribution in [0.25, 0.3) is 0 Å². The maximum atomic E-state index is 12.8. The fraction of sp³-hybridized carbons (Fsp3) is 0.435. The lowest BCUT2D eigenvalue weighted by molar-refractivity contribution is -0.122. The van der Waals surface area contributed by atoms with Crippen molar-refractivity contribution in [3.63, 3.8) is 0 Å². The summed E-state index contributed by atoms with van der Waals surface area (Å²) >= 11 is 0. The normalized spacial score (nSPS) is 12.2. The highest BCUT2D eigenvalue weighted by Gasteiger charge is 2.31. The maximum absolute atomic E-state index is 12.8. The van der Waals surface area contributed by atoms with E-state index in [2.05, 4.69) is 12.2 Å². The number of carbonyl (C=O) groups excluding carboxylic acids is 1. The van der Waals surface area contributed by atoms with Gasteiger partial charge in [-0.1, -0.05) is 50.2 Å². The van der Waals surface area contributed by atoms with Gasteiger partial charge >= 0.3 is 0 Å². The van der Waals surface area contributed by atoms with Crippen molar-refractivity contribution in [2.45, 2.75) is 45.6 Å². The van der Waals surface area contributed by atoms with Crippen LogP contribution >= 0.6 is 0 Å². The molecular formula is C23H32N2O4S. The number of hydrogen-bond donors (Lipinski definition) is 1. The van der Waals surface area contributed by atoms with Gasteiger partial charge in [0.05, 0.1) is 18.6 Å². The Hall–Kier alpha value is -2.54. The molecule has 1 amide bonds. The maximum Gasteiger partial charge on any atom is 0.243 e. The third kappa shape index (κ3) is 6.76. The van der Waals surface area contributed by atoms with Crippen LogP contribution in [0, 0.1) is 0 Å². The fourth-order valence-electron chi connectivity index (χ4n) is 3.31. The molecule has 0 saturated heterocycles. The van der Waals surface area contributed by atoms with Gasteiger partial charge in [-0.3, -0.25) is 9.10 Å². The van der Waals surface area contributed by atoms with E-state index in [0.29, 0.717) is 25.3 Å². The Labute approximate surface area is 180 Å². The van der Waals surface area contributed by atoms with Crippen LogP contribution in [0.3, 0.4) is 0 Å². The second-order valence-corrected chi connectivity index (χ2v) is 9.03. The molecular weight excluding hydrogens is 400 g/mol. The molecule has 1 unspecified atom stereocenters. The van der Waals surface area contributed by atoms with Crippen LogP contribution in [0.1, 0.15) is 38.7 Å². The zero-order chi connectivity index (χ0) is 22.0. The number of nitrogens with zero attached hydrogens (tertiary/aromatic N) is 1. The van der Waals surface area contributed by atoms with E-state index < -0.39 is 16.1 Å². The summed E-state index contributed by atoms with van der Waals surface area (Å²) in [7, 11) is -3.61. The van der Waals surface area contributed by atoms with Crippen molar-refractivity contribution in [2.75, 3.05) is 23.7 Å².